The Balaban J connectivity index is 0.00000162. The predicted octanol–water partition coefficient (Wildman–Crippen LogP) is 0.669. The number of amides is 1. The van der Waals surface area contributed by atoms with Crippen LogP contribution >= 0.6 is 12.4 Å². The van der Waals surface area contributed by atoms with Crippen molar-refractivity contribution in [2.24, 2.45) is 0 Å². The first-order valence-corrected chi connectivity index (χ1v) is 5.96. The number of rotatable bonds is 4. The lowest BCUT2D eigenvalue weighted by atomic mass is 10.1. The lowest BCUT2D eigenvalue weighted by molar-refractivity contribution is 0.0952. The van der Waals surface area contributed by atoms with Gasteiger partial charge >= 0.3 is 0 Å². The quantitative estimate of drug-likeness (QED) is 0.754. The summed E-state index contributed by atoms with van der Waals surface area (Å²) in [6.07, 6.45) is 4.82. The first kappa shape index (κ1) is 14.7. The van der Waals surface area contributed by atoms with Crippen molar-refractivity contribution in [3.8, 4) is 0 Å². The van der Waals surface area contributed by atoms with Gasteiger partial charge in [0.1, 0.15) is 0 Å². The Morgan fingerprint density at radius 1 is 1.50 bits per heavy atom. The largest absolute Gasteiger partial charge is 0.352 e. The second kappa shape index (κ2) is 7.18. The van der Waals surface area contributed by atoms with Crippen LogP contribution in [0.3, 0.4) is 0 Å². The molecule has 0 aromatic carbocycles. The minimum absolute atomic E-state index is 0. The third kappa shape index (κ3) is 4.16. The van der Waals surface area contributed by atoms with Crippen LogP contribution in [0.5, 0.6) is 0 Å². The fourth-order valence-electron chi connectivity index (χ4n) is 2.05. The highest BCUT2D eigenvalue weighted by Gasteiger charge is 2.13. The molecule has 1 atom stereocenters. The molecule has 0 spiro atoms. The van der Waals surface area contributed by atoms with Crippen LogP contribution in [0, 0.1) is 0 Å². The Morgan fingerprint density at radius 2 is 2.33 bits per heavy atom. The highest BCUT2D eigenvalue weighted by atomic mass is 35.5. The molecule has 0 unspecified atom stereocenters. The molecule has 5 nitrogen and oxygen atoms in total. The third-order valence-corrected chi connectivity index (χ3v) is 2.98. The molecule has 6 heteroatoms. The first-order chi connectivity index (χ1) is 8.25. The zero-order chi connectivity index (χ0) is 12.1. The number of hydrogen-bond donors (Lipinski definition) is 3. The van der Waals surface area contributed by atoms with E-state index in [4.69, 9.17) is 0 Å². The molecule has 18 heavy (non-hydrogen) atoms. The number of halogens is 1. The maximum atomic E-state index is 11.7. The average Bonchev–Trinajstić information content (AvgIpc) is 2.82. The number of H-pyrrole nitrogens is 1. The van der Waals surface area contributed by atoms with Crippen LogP contribution in [-0.4, -0.2) is 30.0 Å². The highest BCUT2D eigenvalue weighted by Crippen LogP contribution is 2.07. The highest BCUT2D eigenvalue weighted by molar-refractivity contribution is 5.93. The van der Waals surface area contributed by atoms with Crippen LogP contribution in [-0.2, 0) is 0 Å². The Kier molecular flexibility index (Phi) is 5.88. The van der Waals surface area contributed by atoms with Gasteiger partial charge in [0.05, 0.1) is 0 Å². The van der Waals surface area contributed by atoms with Crippen molar-refractivity contribution in [3.05, 3.63) is 34.2 Å². The zero-order valence-electron chi connectivity index (χ0n) is 10.1. The number of carbonyl (C=O) groups is 1. The van der Waals surface area contributed by atoms with Crippen molar-refractivity contribution in [2.75, 3.05) is 13.1 Å². The molecule has 2 heterocycles. The topological polar surface area (TPSA) is 74.0 Å². The van der Waals surface area contributed by atoms with Gasteiger partial charge < -0.3 is 15.6 Å². The van der Waals surface area contributed by atoms with Gasteiger partial charge in [-0.1, -0.05) is 0 Å². The standard InChI is InChI=1S/C12H17N3O2.ClH/c16-11-8-9(3-6-14-11)12(17)15-7-4-10-2-1-5-13-10;/h3,6,8,10,13H,1-2,4-5,7H2,(H,14,16)(H,15,17);1H/t10-;/m1./s1. The number of aromatic nitrogens is 1. The van der Waals surface area contributed by atoms with E-state index in [2.05, 4.69) is 15.6 Å². The molecule has 1 aromatic heterocycles. The second-order valence-electron chi connectivity index (χ2n) is 4.28. The summed E-state index contributed by atoms with van der Waals surface area (Å²) in [7, 11) is 0. The van der Waals surface area contributed by atoms with E-state index in [1.165, 1.54) is 25.1 Å². The monoisotopic (exact) mass is 271 g/mol. The fourth-order valence-corrected chi connectivity index (χ4v) is 2.05. The molecule has 1 amide bonds. The van der Waals surface area contributed by atoms with Gasteiger partial charge in [-0.3, -0.25) is 9.59 Å². The number of aromatic amines is 1. The molecule has 100 valence electrons. The molecule has 1 aromatic rings. The second-order valence-corrected chi connectivity index (χ2v) is 4.28. The summed E-state index contributed by atoms with van der Waals surface area (Å²) in [6, 6.07) is 3.43. The Bertz CT molecular complexity index is 441. The Morgan fingerprint density at radius 3 is 3.00 bits per heavy atom. The van der Waals surface area contributed by atoms with Gasteiger partial charge in [-0.2, -0.15) is 0 Å². The Hall–Kier alpha value is -1.33. The summed E-state index contributed by atoms with van der Waals surface area (Å²) in [5.41, 5.74) is 0.156. The minimum Gasteiger partial charge on any atom is -0.352 e. The molecule has 3 N–H and O–H groups in total. The molecule has 0 radical (unpaired) electrons. The summed E-state index contributed by atoms with van der Waals surface area (Å²) in [4.78, 5) is 25.2. The summed E-state index contributed by atoms with van der Waals surface area (Å²) < 4.78 is 0. The molecule has 2 rings (SSSR count). The lowest BCUT2D eigenvalue weighted by Crippen LogP contribution is -2.31. The number of pyridine rings is 1. The molecule has 0 saturated carbocycles. The molecule has 1 aliphatic rings. The van der Waals surface area contributed by atoms with E-state index >= 15 is 0 Å². The van der Waals surface area contributed by atoms with Gasteiger partial charge in [0, 0.05) is 30.4 Å². The van der Waals surface area contributed by atoms with E-state index in [9.17, 15) is 9.59 Å². The maximum absolute atomic E-state index is 11.7. The van der Waals surface area contributed by atoms with Crippen molar-refractivity contribution in [2.45, 2.75) is 25.3 Å². The molecule has 0 aliphatic carbocycles. The molecule has 1 saturated heterocycles. The third-order valence-electron chi connectivity index (χ3n) is 2.98. The smallest absolute Gasteiger partial charge is 0.251 e. The van der Waals surface area contributed by atoms with Crippen LogP contribution in [0.15, 0.2) is 23.1 Å². The van der Waals surface area contributed by atoms with Gasteiger partial charge in [-0.15, -0.1) is 12.4 Å². The van der Waals surface area contributed by atoms with Crippen LogP contribution in [0.1, 0.15) is 29.6 Å². The van der Waals surface area contributed by atoms with E-state index < -0.39 is 0 Å². The predicted molar refractivity (Wildman–Crippen MR) is 72.3 cm³/mol. The summed E-state index contributed by atoms with van der Waals surface area (Å²) in [6.45, 7) is 1.72. The van der Waals surface area contributed by atoms with Crippen molar-refractivity contribution < 1.29 is 4.79 Å². The van der Waals surface area contributed by atoms with Gasteiger partial charge in [-0.05, 0) is 31.9 Å². The van der Waals surface area contributed by atoms with Gasteiger partial charge in [0.15, 0.2) is 0 Å². The summed E-state index contributed by atoms with van der Waals surface area (Å²) in [5, 5.41) is 6.19. The zero-order valence-corrected chi connectivity index (χ0v) is 10.9. The van der Waals surface area contributed by atoms with E-state index in [0.29, 0.717) is 18.2 Å². The number of nitrogens with one attached hydrogen (secondary N) is 3. The van der Waals surface area contributed by atoms with E-state index in [1.807, 2.05) is 0 Å². The van der Waals surface area contributed by atoms with Crippen LogP contribution in [0.2, 0.25) is 0 Å². The molecular formula is C12H18ClN3O2. The Labute approximate surface area is 112 Å². The van der Waals surface area contributed by atoms with E-state index in [-0.39, 0.29) is 23.9 Å². The van der Waals surface area contributed by atoms with Crippen molar-refractivity contribution >= 4 is 18.3 Å². The van der Waals surface area contributed by atoms with Crippen molar-refractivity contribution in [1.82, 2.24) is 15.6 Å². The summed E-state index contributed by atoms with van der Waals surface area (Å²) >= 11 is 0. The van der Waals surface area contributed by atoms with Gasteiger partial charge in [-0.25, -0.2) is 0 Å². The van der Waals surface area contributed by atoms with Crippen molar-refractivity contribution in [3.63, 3.8) is 0 Å². The summed E-state index contributed by atoms with van der Waals surface area (Å²) in [5.74, 6) is -0.186. The minimum atomic E-state index is -0.255. The number of hydrogen-bond acceptors (Lipinski definition) is 3. The normalized spacial score (nSPS) is 18.1. The molecule has 1 fully saturated rings. The molecular weight excluding hydrogens is 254 g/mol. The SMILES string of the molecule is Cl.O=C(NCC[C@H]1CCCN1)c1cc[nH]c(=O)c1. The first-order valence-electron chi connectivity index (χ1n) is 5.96. The van der Waals surface area contributed by atoms with Gasteiger partial charge in [0.2, 0.25) is 5.56 Å². The lowest BCUT2D eigenvalue weighted by Gasteiger charge is -2.10. The van der Waals surface area contributed by atoms with Gasteiger partial charge in [0.25, 0.3) is 5.91 Å². The van der Waals surface area contributed by atoms with E-state index in [0.717, 1.165) is 13.0 Å². The van der Waals surface area contributed by atoms with Crippen LogP contribution < -0.4 is 16.2 Å². The molecule has 0 bridgehead atoms. The van der Waals surface area contributed by atoms with E-state index in [1.54, 1.807) is 6.07 Å². The van der Waals surface area contributed by atoms with Crippen molar-refractivity contribution in [1.29, 1.82) is 0 Å². The average molecular weight is 272 g/mol. The number of carbonyl (C=O) groups excluding carboxylic acids is 1. The van der Waals surface area contributed by atoms with Crippen LogP contribution in [0.4, 0.5) is 0 Å². The molecule has 1 aliphatic heterocycles. The van der Waals surface area contributed by atoms with Crippen LogP contribution in [0.25, 0.3) is 0 Å². The fraction of sp³-hybridized carbons (Fsp3) is 0.500. The maximum Gasteiger partial charge on any atom is 0.251 e.